The summed E-state index contributed by atoms with van der Waals surface area (Å²) >= 11 is 3.37. The van der Waals surface area contributed by atoms with Crippen LogP contribution in [0.1, 0.15) is 25.7 Å². The molecule has 2 unspecified atom stereocenters. The number of amides is 1. The predicted molar refractivity (Wildman–Crippen MR) is 97.9 cm³/mol. The lowest BCUT2D eigenvalue weighted by atomic mass is 10.0. The molecule has 0 saturated carbocycles. The van der Waals surface area contributed by atoms with Crippen LogP contribution in [0.3, 0.4) is 0 Å². The molecular weight excluding hydrogens is 376 g/mol. The zero-order valence-electron chi connectivity index (χ0n) is 13.8. The monoisotopic (exact) mass is 400 g/mol. The van der Waals surface area contributed by atoms with Gasteiger partial charge in [-0.3, -0.25) is 9.00 Å². The van der Waals surface area contributed by atoms with Crippen molar-refractivity contribution < 1.29 is 9.00 Å². The summed E-state index contributed by atoms with van der Waals surface area (Å²) in [6.45, 7) is 1.68. The van der Waals surface area contributed by atoms with Crippen LogP contribution in [0.2, 0.25) is 0 Å². The van der Waals surface area contributed by atoms with E-state index < -0.39 is 10.8 Å². The van der Waals surface area contributed by atoms with Gasteiger partial charge < -0.3 is 9.80 Å². The fourth-order valence-electron chi connectivity index (χ4n) is 2.82. The van der Waals surface area contributed by atoms with E-state index in [9.17, 15) is 9.00 Å². The minimum absolute atomic E-state index is 0.198. The van der Waals surface area contributed by atoms with Gasteiger partial charge in [0, 0.05) is 40.7 Å². The van der Waals surface area contributed by atoms with E-state index in [-0.39, 0.29) is 5.91 Å². The van der Waals surface area contributed by atoms with Crippen LogP contribution < -0.4 is 0 Å². The molecule has 6 heteroatoms. The van der Waals surface area contributed by atoms with E-state index in [0.29, 0.717) is 24.6 Å². The predicted octanol–water partition coefficient (Wildman–Crippen LogP) is 2.89. The van der Waals surface area contributed by atoms with Gasteiger partial charge in [0.25, 0.3) is 0 Å². The first kappa shape index (κ1) is 18.6. The van der Waals surface area contributed by atoms with Gasteiger partial charge in [0.05, 0.1) is 10.8 Å². The molecule has 1 aliphatic heterocycles. The van der Waals surface area contributed by atoms with E-state index >= 15 is 0 Å². The van der Waals surface area contributed by atoms with Gasteiger partial charge in [-0.2, -0.15) is 0 Å². The fourth-order valence-corrected chi connectivity index (χ4v) is 4.17. The topological polar surface area (TPSA) is 40.6 Å². The molecule has 0 aliphatic carbocycles. The average molecular weight is 401 g/mol. The van der Waals surface area contributed by atoms with Crippen LogP contribution in [0, 0.1) is 0 Å². The lowest BCUT2D eigenvalue weighted by Gasteiger charge is -2.36. The van der Waals surface area contributed by atoms with Gasteiger partial charge in [-0.1, -0.05) is 15.9 Å². The number of piperidine rings is 1. The molecule has 2 rings (SSSR count). The summed E-state index contributed by atoms with van der Waals surface area (Å²) in [5, 5.41) is 0. The number of hydrogen-bond donors (Lipinski definition) is 0. The Balaban J connectivity index is 1.76. The minimum atomic E-state index is -1.03. The third-order valence-corrected chi connectivity index (χ3v) is 6.26. The van der Waals surface area contributed by atoms with Crippen LogP contribution in [-0.2, 0) is 15.6 Å². The van der Waals surface area contributed by atoms with Crippen molar-refractivity contribution >= 4 is 32.6 Å². The van der Waals surface area contributed by atoms with Gasteiger partial charge in [-0.15, -0.1) is 0 Å². The summed E-state index contributed by atoms with van der Waals surface area (Å²) < 4.78 is 13.2. The van der Waals surface area contributed by atoms with Crippen molar-refractivity contribution in [2.45, 2.75) is 36.6 Å². The van der Waals surface area contributed by atoms with E-state index in [1.54, 1.807) is 0 Å². The molecule has 0 aromatic heterocycles. The Hall–Kier alpha value is -0.720. The van der Waals surface area contributed by atoms with Gasteiger partial charge in [-0.05, 0) is 57.6 Å². The highest BCUT2D eigenvalue weighted by molar-refractivity contribution is 9.10. The number of nitrogens with zero attached hydrogens (tertiary/aromatic N) is 2. The first-order valence-corrected chi connectivity index (χ1v) is 10.2. The van der Waals surface area contributed by atoms with E-state index in [2.05, 4.69) is 34.9 Å². The van der Waals surface area contributed by atoms with E-state index in [1.165, 1.54) is 0 Å². The molecule has 1 aliphatic rings. The minimum Gasteiger partial charge on any atom is -0.341 e. The van der Waals surface area contributed by atoms with Crippen molar-refractivity contribution in [3.05, 3.63) is 28.7 Å². The maximum Gasteiger partial charge on any atom is 0.222 e. The van der Waals surface area contributed by atoms with Gasteiger partial charge in [0.15, 0.2) is 0 Å². The molecule has 4 nitrogen and oxygen atoms in total. The Labute approximate surface area is 149 Å². The van der Waals surface area contributed by atoms with Crippen LogP contribution in [-0.4, -0.2) is 58.9 Å². The standard InChI is InChI=1S/C17H25BrN2O2S/c1-19(2)15-5-3-11-20(13-15)17(21)6-4-12-23(22)16-9-7-14(18)8-10-16/h7-10,15H,3-6,11-13H2,1-2H3. The largest absolute Gasteiger partial charge is 0.341 e. The van der Waals surface area contributed by atoms with Crippen molar-refractivity contribution in [1.29, 1.82) is 0 Å². The molecule has 1 saturated heterocycles. The summed E-state index contributed by atoms with van der Waals surface area (Å²) in [6, 6.07) is 7.99. The van der Waals surface area contributed by atoms with Crippen molar-refractivity contribution in [2.75, 3.05) is 32.9 Å². The Morgan fingerprint density at radius 2 is 2.04 bits per heavy atom. The first-order valence-electron chi connectivity index (χ1n) is 8.05. The smallest absolute Gasteiger partial charge is 0.222 e. The number of halogens is 1. The molecule has 1 aromatic rings. The van der Waals surface area contributed by atoms with Crippen molar-refractivity contribution in [3.63, 3.8) is 0 Å². The average Bonchev–Trinajstić information content (AvgIpc) is 2.55. The quantitative estimate of drug-likeness (QED) is 0.736. The number of likely N-dealkylation sites (N-methyl/N-ethyl adjacent to an activating group) is 1. The second-order valence-electron chi connectivity index (χ2n) is 6.21. The van der Waals surface area contributed by atoms with E-state index in [0.717, 1.165) is 35.3 Å². The zero-order valence-corrected chi connectivity index (χ0v) is 16.2. The first-order chi connectivity index (χ1) is 11.0. The van der Waals surface area contributed by atoms with Crippen LogP contribution in [0.15, 0.2) is 33.6 Å². The molecule has 23 heavy (non-hydrogen) atoms. The lowest BCUT2D eigenvalue weighted by molar-refractivity contribution is -0.133. The molecular formula is C17H25BrN2O2S. The third kappa shape index (κ3) is 5.69. The Kier molecular flexibility index (Phi) is 7.24. The highest BCUT2D eigenvalue weighted by Crippen LogP contribution is 2.17. The lowest BCUT2D eigenvalue weighted by Crippen LogP contribution is -2.47. The molecule has 0 radical (unpaired) electrons. The summed E-state index contributed by atoms with van der Waals surface area (Å²) in [5.74, 6) is 0.738. The summed E-state index contributed by atoms with van der Waals surface area (Å²) in [6.07, 6.45) is 3.39. The van der Waals surface area contributed by atoms with Crippen LogP contribution in [0.25, 0.3) is 0 Å². The van der Waals surface area contributed by atoms with E-state index in [4.69, 9.17) is 0 Å². The van der Waals surface area contributed by atoms with Crippen molar-refractivity contribution in [2.24, 2.45) is 0 Å². The highest BCUT2D eigenvalue weighted by atomic mass is 79.9. The third-order valence-electron chi connectivity index (χ3n) is 4.28. The zero-order chi connectivity index (χ0) is 16.8. The molecule has 2 atom stereocenters. The van der Waals surface area contributed by atoms with Crippen LogP contribution in [0.4, 0.5) is 0 Å². The number of hydrogen-bond acceptors (Lipinski definition) is 3. The summed E-state index contributed by atoms with van der Waals surface area (Å²) in [5.41, 5.74) is 0. The number of likely N-dealkylation sites (tertiary alicyclic amines) is 1. The van der Waals surface area contributed by atoms with Gasteiger partial charge in [0.1, 0.15) is 0 Å². The molecule has 128 valence electrons. The molecule has 1 aromatic carbocycles. The molecule has 0 bridgehead atoms. The number of benzene rings is 1. The van der Waals surface area contributed by atoms with Crippen molar-refractivity contribution in [3.8, 4) is 0 Å². The van der Waals surface area contributed by atoms with Crippen LogP contribution in [0.5, 0.6) is 0 Å². The van der Waals surface area contributed by atoms with Gasteiger partial charge in [-0.25, -0.2) is 0 Å². The highest BCUT2D eigenvalue weighted by Gasteiger charge is 2.24. The maximum atomic E-state index is 12.3. The summed E-state index contributed by atoms with van der Waals surface area (Å²) in [4.78, 5) is 17.3. The Bertz CT molecular complexity index is 548. The van der Waals surface area contributed by atoms with Gasteiger partial charge in [0.2, 0.25) is 5.91 Å². The van der Waals surface area contributed by atoms with Crippen LogP contribution >= 0.6 is 15.9 Å². The molecule has 1 amide bonds. The molecule has 1 heterocycles. The molecule has 0 spiro atoms. The van der Waals surface area contributed by atoms with E-state index in [1.807, 2.05) is 29.2 Å². The number of rotatable bonds is 6. The van der Waals surface area contributed by atoms with Crippen molar-refractivity contribution in [1.82, 2.24) is 9.80 Å². The second-order valence-corrected chi connectivity index (χ2v) is 8.69. The Morgan fingerprint density at radius 1 is 1.35 bits per heavy atom. The maximum absolute atomic E-state index is 12.3. The number of carbonyl (C=O) groups excluding carboxylic acids is 1. The second kappa shape index (κ2) is 8.94. The fraction of sp³-hybridized carbons (Fsp3) is 0.588. The molecule has 1 fully saturated rings. The van der Waals surface area contributed by atoms with Gasteiger partial charge >= 0.3 is 0 Å². The SMILES string of the molecule is CN(C)C1CCCN(C(=O)CCCS(=O)c2ccc(Br)cc2)C1. The number of carbonyl (C=O) groups is 1. The summed E-state index contributed by atoms with van der Waals surface area (Å²) in [7, 11) is 3.11. The molecule has 0 N–H and O–H groups in total. The Morgan fingerprint density at radius 3 is 2.70 bits per heavy atom. The normalized spacial score (nSPS) is 19.8.